The highest BCUT2D eigenvalue weighted by Gasteiger charge is 2.25. The summed E-state index contributed by atoms with van der Waals surface area (Å²) < 4.78 is 1.81. The number of aromatic nitrogens is 2. The van der Waals surface area contributed by atoms with E-state index in [0.29, 0.717) is 0 Å². The highest BCUT2D eigenvalue weighted by atomic mass is 16.3. The van der Waals surface area contributed by atoms with Gasteiger partial charge in [-0.3, -0.25) is 4.68 Å². The molecule has 1 aliphatic rings. The first-order chi connectivity index (χ1) is 7.20. The summed E-state index contributed by atoms with van der Waals surface area (Å²) in [5.74, 6) is 0. The minimum Gasteiger partial charge on any atom is -0.387 e. The fourth-order valence-corrected chi connectivity index (χ4v) is 2.17. The van der Waals surface area contributed by atoms with E-state index < -0.39 is 6.10 Å². The van der Waals surface area contributed by atoms with E-state index in [1.54, 1.807) is 10.9 Å². The molecule has 0 radical (unpaired) electrons. The first kappa shape index (κ1) is 10.6. The third kappa shape index (κ3) is 2.06. The van der Waals surface area contributed by atoms with E-state index in [1.807, 2.05) is 14.0 Å². The molecule has 0 bridgehead atoms. The van der Waals surface area contributed by atoms with E-state index in [1.165, 1.54) is 12.8 Å². The monoisotopic (exact) mass is 209 g/mol. The zero-order valence-corrected chi connectivity index (χ0v) is 9.40. The van der Waals surface area contributed by atoms with Crippen molar-refractivity contribution in [2.45, 2.75) is 38.3 Å². The summed E-state index contributed by atoms with van der Waals surface area (Å²) in [4.78, 5) is 0. The third-order valence-electron chi connectivity index (χ3n) is 3.32. The molecule has 0 amide bonds. The third-order valence-corrected chi connectivity index (χ3v) is 3.32. The number of hydrogen-bond acceptors (Lipinski definition) is 3. The highest BCUT2D eigenvalue weighted by Crippen LogP contribution is 2.24. The lowest BCUT2D eigenvalue weighted by Gasteiger charge is -2.27. The Hall–Kier alpha value is -0.870. The normalized spacial score (nSPS) is 24.1. The van der Waals surface area contributed by atoms with Crippen molar-refractivity contribution in [3.05, 3.63) is 17.5 Å². The van der Waals surface area contributed by atoms with Crippen molar-refractivity contribution in [2.75, 3.05) is 6.54 Å². The standard InChI is InChI=1S/C11H19N3O/c1-8-9(7-13-14(8)2)11(15)10-5-3-4-6-12-10/h7,10-12,15H,3-6H2,1-2H3. The van der Waals surface area contributed by atoms with E-state index in [-0.39, 0.29) is 6.04 Å². The summed E-state index contributed by atoms with van der Waals surface area (Å²) in [5, 5.41) is 17.8. The van der Waals surface area contributed by atoms with E-state index in [9.17, 15) is 5.11 Å². The Morgan fingerprint density at radius 2 is 2.40 bits per heavy atom. The molecule has 1 fully saturated rings. The second-order valence-corrected chi connectivity index (χ2v) is 4.31. The fraction of sp³-hybridized carbons (Fsp3) is 0.727. The molecule has 15 heavy (non-hydrogen) atoms. The molecule has 2 heterocycles. The van der Waals surface area contributed by atoms with Gasteiger partial charge in [0.15, 0.2) is 0 Å². The molecular formula is C11H19N3O. The Balaban J connectivity index is 2.12. The molecule has 1 aliphatic heterocycles. The molecule has 2 unspecified atom stereocenters. The van der Waals surface area contributed by atoms with Crippen LogP contribution in [-0.4, -0.2) is 27.5 Å². The SMILES string of the molecule is Cc1c(C(O)C2CCCCN2)cnn1C. The van der Waals surface area contributed by atoms with Crippen LogP contribution in [0, 0.1) is 6.92 Å². The van der Waals surface area contributed by atoms with Crippen molar-refractivity contribution in [2.24, 2.45) is 7.05 Å². The maximum absolute atomic E-state index is 10.2. The van der Waals surface area contributed by atoms with Crippen molar-refractivity contribution in [1.29, 1.82) is 0 Å². The average Bonchev–Trinajstić information content (AvgIpc) is 2.60. The van der Waals surface area contributed by atoms with Gasteiger partial charge in [0.25, 0.3) is 0 Å². The number of aliphatic hydroxyl groups excluding tert-OH is 1. The predicted octanol–water partition coefficient (Wildman–Crippen LogP) is 0.904. The van der Waals surface area contributed by atoms with Crippen LogP contribution >= 0.6 is 0 Å². The maximum Gasteiger partial charge on any atom is 0.0975 e. The largest absolute Gasteiger partial charge is 0.387 e. The van der Waals surface area contributed by atoms with E-state index >= 15 is 0 Å². The van der Waals surface area contributed by atoms with Crippen LogP contribution in [0.3, 0.4) is 0 Å². The predicted molar refractivity (Wildman–Crippen MR) is 58.5 cm³/mol. The zero-order chi connectivity index (χ0) is 10.8. The fourth-order valence-electron chi connectivity index (χ4n) is 2.17. The topological polar surface area (TPSA) is 50.1 Å². The molecule has 0 aromatic carbocycles. The minimum absolute atomic E-state index is 0.196. The molecule has 1 aromatic rings. The van der Waals surface area contributed by atoms with Crippen molar-refractivity contribution in [3.63, 3.8) is 0 Å². The smallest absolute Gasteiger partial charge is 0.0975 e. The Kier molecular flexibility index (Phi) is 3.07. The molecule has 84 valence electrons. The van der Waals surface area contributed by atoms with Crippen LogP contribution in [0.4, 0.5) is 0 Å². The number of nitrogens with zero attached hydrogens (tertiary/aromatic N) is 2. The molecule has 4 nitrogen and oxygen atoms in total. The lowest BCUT2D eigenvalue weighted by molar-refractivity contribution is 0.113. The summed E-state index contributed by atoms with van der Waals surface area (Å²) in [6.07, 6.45) is 4.83. The molecule has 1 aromatic heterocycles. The van der Waals surface area contributed by atoms with E-state index in [0.717, 1.165) is 24.2 Å². The highest BCUT2D eigenvalue weighted by molar-refractivity contribution is 5.20. The van der Waals surface area contributed by atoms with Crippen LogP contribution in [0.5, 0.6) is 0 Å². The van der Waals surface area contributed by atoms with Crippen molar-refractivity contribution in [1.82, 2.24) is 15.1 Å². The lowest BCUT2D eigenvalue weighted by atomic mass is 9.95. The minimum atomic E-state index is -0.418. The van der Waals surface area contributed by atoms with Gasteiger partial charge in [-0.2, -0.15) is 5.10 Å². The first-order valence-corrected chi connectivity index (χ1v) is 5.60. The van der Waals surface area contributed by atoms with Gasteiger partial charge >= 0.3 is 0 Å². The van der Waals surface area contributed by atoms with Gasteiger partial charge in [-0.15, -0.1) is 0 Å². The molecular weight excluding hydrogens is 190 g/mol. The number of aryl methyl sites for hydroxylation is 1. The Morgan fingerprint density at radius 1 is 1.60 bits per heavy atom. The van der Waals surface area contributed by atoms with Gasteiger partial charge in [-0.25, -0.2) is 0 Å². The van der Waals surface area contributed by atoms with Gasteiger partial charge in [0.05, 0.1) is 12.3 Å². The molecule has 2 rings (SSSR count). The number of hydrogen-bond donors (Lipinski definition) is 2. The second kappa shape index (κ2) is 4.33. The molecule has 4 heteroatoms. The van der Waals surface area contributed by atoms with Crippen LogP contribution in [-0.2, 0) is 7.05 Å². The van der Waals surface area contributed by atoms with Gasteiger partial charge in [0.1, 0.15) is 0 Å². The van der Waals surface area contributed by atoms with Gasteiger partial charge < -0.3 is 10.4 Å². The summed E-state index contributed by atoms with van der Waals surface area (Å²) in [7, 11) is 1.90. The number of piperidine rings is 1. The zero-order valence-electron chi connectivity index (χ0n) is 9.40. The Morgan fingerprint density at radius 3 is 2.93 bits per heavy atom. The van der Waals surface area contributed by atoms with Gasteiger partial charge in [-0.1, -0.05) is 6.42 Å². The van der Waals surface area contributed by atoms with Crippen molar-refractivity contribution >= 4 is 0 Å². The number of rotatable bonds is 2. The summed E-state index contributed by atoms with van der Waals surface area (Å²) in [5.41, 5.74) is 2.01. The average molecular weight is 209 g/mol. The van der Waals surface area contributed by atoms with Gasteiger partial charge in [-0.05, 0) is 26.3 Å². The molecule has 2 atom stereocenters. The molecule has 2 N–H and O–H groups in total. The van der Waals surface area contributed by atoms with Crippen LogP contribution in [0.1, 0.15) is 36.6 Å². The van der Waals surface area contributed by atoms with E-state index in [2.05, 4.69) is 10.4 Å². The first-order valence-electron chi connectivity index (χ1n) is 5.60. The second-order valence-electron chi connectivity index (χ2n) is 4.31. The lowest BCUT2D eigenvalue weighted by Crippen LogP contribution is -2.38. The Bertz CT molecular complexity index is 329. The van der Waals surface area contributed by atoms with Crippen LogP contribution < -0.4 is 5.32 Å². The van der Waals surface area contributed by atoms with Crippen LogP contribution in [0.25, 0.3) is 0 Å². The maximum atomic E-state index is 10.2. The quantitative estimate of drug-likeness (QED) is 0.761. The summed E-state index contributed by atoms with van der Waals surface area (Å²) >= 11 is 0. The Labute approximate surface area is 90.3 Å². The van der Waals surface area contributed by atoms with E-state index in [4.69, 9.17) is 0 Å². The summed E-state index contributed by atoms with van der Waals surface area (Å²) in [6.45, 7) is 3.01. The van der Waals surface area contributed by atoms with Crippen LogP contribution in [0.15, 0.2) is 6.20 Å². The van der Waals surface area contributed by atoms with Crippen molar-refractivity contribution in [3.8, 4) is 0 Å². The molecule has 1 saturated heterocycles. The van der Waals surface area contributed by atoms with Crippen LogP contribution in [0.2, 0.25) is 0 Å². The molecule has 0 saturated carbocycles. The summed E-state index contributed by atoms with van der Waals surface area (Å²) in [6, 6.07) is 0.196. The number of aliphatic hydroxyl groups is 1. The number of nitrogens with one attached hydrogen (secondary N) is 1. The molecule has 0 aliphatic carbocycles. The van der Waals surface area contributed by atoms with Gasteiger partial charge in [0.2, 0.25) is 0 Å². The van der Waals surface area contributed by atoms with Crippen molar-refractivity contribution < 1.29 is 5.11 Å². The van der Waals surface area contributed by atoms with Gasteiger partial charge in [0, 0.05) is 24.3 Å². The molecule has 0 spiro atoms.